The van der Waals surface area contributed by atoms with Gasteiger partial charge in [-0.25, -0.2) is 9.97 Å². The maximum Gasteiger partial charge on any atom is 0.147 e. The summed E-state index contributed by atoms with van der Waals surface area (Å²) in [5.74, 6) is 1.74. The summed E-state index contributed by atoms with van der Waals surface area (Å²) in [6.45, 7) is 7.64. The van der Waals surface area contributed by atoms with Crippen LogP contribution in [0.1, 0.15) is 45.1 Å². The third kappa shape index (κ3) is 3.44. The van der Waals surface area contributed by atoms with Crippen LogP contribution in [-0.4, -0.2) is 16.5 Å². The first-order chi connectivity index (χ1) is 9.26. The molecule has 0 amide bonds. The van der Waals surface area contributed by atoms with E-state index in [9.17, 15) is 0 Å². The molecule has 4 heteroatoms. The van der Waals surface area contributed by atoms with E-state index in [0.717, 1.165) is 23.8 Å². The van der Waals surface area contributed by atoms with Crippen molar-refractivity contribution in [3.05, 3.63) is 17.3 Å². The molecule has 0 fully saturated rings. The Balaban J connectivity index is 2.04. The average Bonchev–Trinajstić information content (AvgIpc) is 2.82. The first kappa shape index (κ1) is 14.3. The minimum absolute atomic E-state index is 0.742. The van der Waals surface area contributed by atoms with E-state index < -0.39 is 0 Å². The molecular weight excluding hydrogens is 254 g/mol. The van der Waals surface area contributed by atoms with E-state index in [1.165, 1.54) is 35.9 Å². The summed E-state index contributed by atoms with van der Waals surface area (Å²) in [5, 5.41) is 5.67. The number of unbranched alkanes of at least 4 members (excludes halogenated alkanes) is 1. The van der Waals surface area contributed by atoms with Crippen molar-refractivity contribution in [2.24, 2.45) is 5.92 Å². The number of anilines is 1. The smallest absolute Gasteiger partial charge is 0.147 e. The van der Waals surface area contributed by atoms with E-state index in [-0.39, 0.29) is 0 Å². The molecule has 0 saturated carbocycles. The number of aromatic nitrogens is 2. The van der Waals surface area contributed by atoms with Gasteiger partial charge in [0, 0.05) is 6.54 Å². The summed E-state index contributed by atoms with van der Waals surface area (Å²) in [6.07, 6.45) is 6.79. The molecule has 1 N–H and O–H groups in total. The number of aryl methyl sites for hydroxylation is 1. The van der Waals surface area contributed by atoms with Crippen LogP contribution in [0.25, 0.3) is 10.2 Å². The first-order valence-electron chi connectivity index (χ1n) is 7.18. The van der Waals surface area contributed by atoms with Crippen LogP contribution >= 0.6 is 11.3 Å². The van der Waals surface area contributed by atoms with E-state index in [1.54, 1.807) is 17.7 Å². The van der Waals surface area contributed by atoms with Crippen molar-refractivity contribution in [1.29, 1.82) is 0 Å². The molecule has 2 heterocycles. The largest absolute Gasteiger partial charge is 0.369 e. The summed E-state index contributed by atoms with van der Waals surface area (Å²) >= 11 is 1.73. The van der Waals surface area contributed by atoms with Crippen LogP contribution < -0.4 is 5.32 Å². The Hall–Kier alpha value is -1.16. The monoisotopic (exact) mass is 277 g/mol. The average molecular weight is 277 g/mol. The van der Waals surface area contributed by atoms with Gasteiger partial charge in [-0.3, -0.25) is 0 Å². The van der Waals surface area contributed by atoms with Gasteiger partial charge < -0.3 is 5.32 Å². The van der Waals surface area contributed by atoms with Gasteiger partial charge in [0.1, 0.15) is 12.1 Å². The van der Waals surface area contributed by atoms with Gasteiger partial charge in [0.05, 0.1) is 10.2 Å². The minimum atomic E-state index is 0.742. The highest BCUT2D eigenvalue weighted by atomic mass is 32.1. The molecule has 0 saturated heterocycles. The maximum absolute atomic E-state index is 4.39. The summed E-state index contributed by atoms with van der Waals surface area (Å²) in [4.78, 5) is 8.75. The topological polar surface area (TPSA) is 37.8 Å². The van der Waals surface area contributed by atoms with Crippen molar-refractivity contribution in [2.75, 3.05) is 11.9 Å². The Morgan fingerprint density at radius 1 is 1.32 bits per heavy atom. The third-order valence-electron chi connectivity index (χ3n) is 3.63. The second-order valence-electron chi connectivity index (χ2n) is 5.12. The molecule has 0 radical (unpaired) electrons. The molecule has 0 aliphatic rings. The van der Waals surface area contributed by atoms with E-state index >= 15 is 0 Å². The molecule has 1 atom stereocenters. The highest BCUT2D eigenvalue weighted by Gasteiger charge is 2.10. The zero-order valence-electron chi connectivity index (χ0n) is 12.1. The lowest BCUT2D eigenvalue weighted by Gasteiger charge is -2.15. The summed E-state index contributed by atoms with van der Waals surface area (Å²) in [6, 6.07) is 0. The molecule has 2 aromatic heterocycles. The van der Waals surface area contributed by atoms with Gasteiger partial charge in [-0.2, -0.15) is 0 Å². The van der Waals surface area contributed by atoms with Crippen molar-refractivity contribution in [1.82, 2.24) is 9.97 Å². The molecule has 2 rings (SSSR count). The Kier molecular flexibility index (Phi) is 5.14. The number of thiophene rings is 1. The molecule has 0 aliphatic carbocycles. The van der Waals surface area contributed by atoms with Crippen molar-refractivity contribution in [2.45, 2.75) is 46.5 Å². The molecule has 3 nitrogen and oxygen atoms in total. The lowest BCUT2D eigenvalue weighted by molar-refractivity contribution is 0.472. The predicted molar refractivity (Wildman–Crippen MR) is 83.9 cm³/mol. The van der Waals surface area contributed by atoms with E-state index in [2.05, 4.69) is 41.4 Å². The van der Waals surface area contributed by atoms with Crippen LogP contribution in [0, 0.1) is 12.8 Å². The fourth-order valence-corrected chi connectivity index (χ4v) is 3.25. The standard InChI is InChI=1S/C15H23N3S/c1-4-6-7-12(5-2)8-16-15-14-13(17-10-18-15)11(3)9-19-14/h9-10,12H,4-8H2,1-3H3,(H,16,17,18). The highest BCUT2D eigenvalue weighted by molar-refractivity contribution is 7.18. The molecule has 1 unspecified atom stereocenters. The van der Waals surface area contributed by atoms with E-state index in [4.69, 9.17) is 0 Å². The molecule has 0 bridgehead atoms. The number of nitrogens with one attached hydrogen (secondary N) is 1. The summed E-state index contributed by atoms with van der Waals surface area (Å²) in [5.41, 5.74) is 2.33. The number of nitrogens with zero attached hydrogens (tertiary/aromatic N) is 2. The third-order valence-corrected chi connectivity index (χ3v) is 4.73. The predicted octanol–water partition coefficient (Wildman–Crippen LogP) is 4.63. The number of hydrogen-bond acceptors (Lipinski definition) is 4. The minimum Gasteiger partial charge on any atom is -0.369 e. The van der Waals surface area contributed by atoms with Crippen molar-refractivity contribution in [3.8, 4) is 0 Å². The van der Waals surface area contributed by atoms with Crippen LogP contribution in [0.4, 0.5) is 5.82 Å². The number of hydrogen-bond donors (Lipinski definition) is 1. The zero-order chi connectivity index (χ0) is 13.7. The van der Waals surface area contributed by atoms with Crippen LogP contribution in [0.5, 0.6) is 0 Å². The quantitative estimate of drug-likeness (QED) is 0.802. The molecular formula is C15H23N3S. The fourth-order valence-electron chi connectivity index (χ4n) is 2.28. The van der Waals surface area contributed by atoms with Gasteiger partial charge in [-0.05, 0) is 30.2 Å². The molecule has 19 heavy (non-hydrogen) atoms. The van der Waals surface area contributed by atoms with Gasteiger partial charge in [0.25, 0.3) is 0 Å². The molecule has 0 aromatic carbocycles. The fraction of sp³-hybridized carbons (Fsp3) is 0.600. The lowest BCUT2D eigenvalue weighted by atomic mass is 9.99. The second kappa shape index (κ2) is 6.85. The number of rotatable bonds is 7. The molecule has 0 aliphatic heterocycles. The molecule has 2 aromatic rings. The maximum atomic E-state index is 4.39. The summed E-state index contributed by atoms with van der Waals surface area (Å²) in [7, 11) is 0. The van der Waals surface area contributed by atoms with E-state index in [1.807, 2.05) is 0 Å². The van der Waals surface area contributed by atoms with Gasteiger partial charge in [0.2, 0.25) is 0 Å². The lowest BCUT2D eigenvalue weighted by Crippen LogP contribution is -2.14. The zero-order valence-corrected chi connectivity index (χ0v) is 12.9. The molecule has 0 spiro atoms. The Labute approximate surface area is 119 Å². The van der Waals surface area contributed by atoms with Gasteiger partial charge in [-0.1, -0.05) is 33.1 Å². The summed E-state index contributed by atoms with van der Waals surface area (Å²) < 4.78 is 1.19. The molecule has 104 valence electrons. The van der Waals surface area contributed by atoms with Gasteiger partial charge in [-0.15, -0.1) is 11.3 Å². The van der Waals surface area contributed by atoms with Crippen molar-refractivity contribution in [3.63, 3.8) is 0 Å². The van der Waals surface area contributed by atoms with Gasteiger partial charge >= 0.3 is 0 Å². The Morgan fingerprint density at radius 3 is 2.89 bits per heavy atom. The van der Waals surface area contributed by atoms with Crippen LogP contribution in [0.15, 0.2) is 11.7 Å². The first-order valence-corrected chi connectivity index (χ1v) is 8.06. The Morgan fingerprint density at radius 2 is 2.16 bits per heavy atom. The normalized spacial score (nSPS) is 12.8. The number of fused-ring (bicyclic) bond motifs is 1. The second-order valence-corrected chi connectivity index (χ2v) is 6.00. The van der Waals surface area contributed by atoms with E-state index in [0.29, 0.717) is 0 Å². The van der Waals surface area contributed by atoms with Crippen molar-refractivity contribution < 1.29 is 0 Å². The highest BCUT2D eigenvalue weighted by Crippen LogP contribution is 2.28. The van der Waals surface area contributed by atoms with Gasteiger partial charge in [0.15, 0.2) is 0 Å². The van der Waals surface area contributed by atoms with Crippen LogP contribution in [0.3, 0.4) is 0 Å². The Bertz CT molecular complexity index is 521. The van der Waals surface area contributed by atoms with Crippen LogP contribution in [-0.2, 0) is 0 Å². The SMILES string of the molecule is CCCCC(CC)CNc1ncnc2c(C)csc12. The van der Waals surface area contributed by atoms with Crippen molar-refractivity contribution >= 4 is 27.4 Å². The van der Waals surface area contributed by atoms with Crippen LogP contribution in [0.2, 0.25) is 0 Å².